The molecule has 2 aromatic rings. The predicted octanol–water partition coefficient (Wildman–Crippen LogP) is 3.57. The highest BCUT2D eigenvalue weighted by atomic mass is 32.2. The summed E-state index contributed by atoms with van der Waals surface area (Å²) in [6, 6.07) is 10.4. The van der Waals surface area contributed by atoms with Crippen LogP contribution < -0.4 is 9.62 Å². The molecule has 8 heteroatoms. The van der Waals surface area contributed by atoms with Crippen LogP contribution in [0.4, 0.5) is 10.1 Å². The van der Waals surface area contributed by atoms with Gasteiger partial charge in [-0.05, 0) is 43.5 Å². The Kier molecular flexibility index (Phi) is 8.10. The van der Waals surface area contributed by atoms with Crippen LogP contribution in [-0.2, 0) is 20.6 Å². The van der Waals surface area contributed by atoms with Gasteiger partial charge in [-0.15, -0.1) is 0 Å². The Morgan fingerprint density at radius 3 is 2.34 bits per heavy atom. The number of halogens is 1. The van der Waals surface area contributed by atoms with Crippen molar-refractivity contribution in [2.45, 2.75) is 26.5 Å². The molecule has 1 amide bonds. The fraction of sp³-hybridized carbons (Fsp3) is 0.381. The predicted molar refractivity (Wildman–Crippen MR) is 118 cm³/mol. The molecule has 5 nitrogen and oxygen atoms in total. The van der Waals surface area contributed by atoms with Crippen molar-refractivity contribution in [2.75, 3.05) is 29.4 Å². The number of anilines is 1. The Hall–Kier alpha value is -2.06. The van der Waals surface area contributed by atoms with E-state index in [4.69, 9.17) is 0 Å². The second kappa shape index (κ2) is 10.1. The molecule has 2 aromatic carbocycles. The molecule has 0 saturated carbocycles. The maximum Gasteiger partial charge on any atom is 0.240 e. The molecule has 0 bridgehead atoms. The van der Waals surface area contributed by atoms with Crippen LogP contribution in [0.15, 0.2) is 36.4 Å². The summed E-state index contributed by atoms with van der Waals surface area (Å²) >= 11 is 1.50. The molecule has 0 aliphatic heterocycles. The summed E-state index contributed by atoms with van der Waals surface area (Å²) in [6.07, 6.45) is 1.10. The fourth-order valence-corrected chi connectivity index (χ4v) is 4.99. The number of benzene rings is 2. The molecular weight excluding hydrogens is 411 g/mol. The van der Waals surface area contributed by atoms with Gasteiger partial charge in [-0.3, -0.25) is 9.10 Å². The molecule has 158 valence electrons. The van der Waals surface area contributed by atoms with Crippen LogP contribution in [0.1, 0.15) is 22.3 Å². The molecule has 0 saturated heterocycles. The maximum absolute atomic E-state index is 13.6. The van der Waals surface area contributed by atoms with Crippen molar-refractivity contribution >= 4 is 33.4 Å². The summed E-state index contributed by atoms with van der Waals surface area (Å²) in [7, 11) is -3.62. The van der Waals surface area contributed by atoms with Crippen LogP contribution in [0.3, 0.4) is 0 Å². The molecule has 29 heavy (non-hydrogen) atoms. The molecule has 0 unspecified atom stereocenters. The first-order valence-electron chi connectivity index (χ1n) is 9.23. The van der Waals surface area contributed by atoms with Crippen LogP contribution in [0.25, 0.3) is 0 Å². The second-order valence-electron chi connectivity index (χ2n) is 7.01. The summed E-state index contributed by atoms with van der Waals surface area (Å²) in [5.41, 5.74) is 3.82. The van der Waals surface area contributed by atoms with Gasteiger partial charge in [0.2, 0.25) is 15.9 Å². The van der Waals surface area contributed by atoms with E-state index in [9.17, 15) is 17.6 Å². The minimum absolute atomic E-state index is 0.239. The highest BCUT2D eigenvalue weighted by molar-refractivity contribution is 7.98. The molecule has 0 aliphatic carbocycles. The van der Waals surface area contributed by atoms with E-state index in [1.807, 2.05) is 32.9 Å². The molecule has 0 aliphatic rings. The second-order valence-corrected chi connectivity index (χ2v) is 10.0. The number of thioether (sulfide) groups is 1. The van der Waals surface area contributed by atoms with E-state index >= 15 is 0 Å². The third-order valence-corrected chi connectivity index (χ3v) is 6.48. The number of carbonyl (C=O) groups excluding carboxylic acids is 1. The average molecular weight is 439 g/mol. The van der Waals surface area contributed by atoms with Crippen LogP contribution in [0, 0.1) is 26.6 Å². The van der Waals surface area contributed by atoms with E-state index < -0.39 is 10.0 Å². The highest BCUT2D eigenvalue weighted by Gasteiger charge is 2.24. The number of aryl methyl sites for hydroxylation is 3. The lowest BCUT2D eigenvalue weighted by molar-refractivity contribution is -0.119. The molecule has 2 rings (SSSR count). The maximum atomic E-state index is 13.6. The Labute approximate surface area is 176 Å². The average Bonchev–Trinajstić information content (AvgIpc) is 2.60. The number of rotatable bonds is 9. The van der Waals surface area contributed by atoms with E-state index in [1.54, 1.807) is 18.2 Å². The minimum Gasteiger partial charge on any atom is -0.354 e. The van der Waals surface area contributed by atoms with Crippen molar-refractivity contribution in [3.8, 4) is 0 Å². The molecular formula is C21H27FN2O3S2. The zero-order valence-electron chi connectivity index (χ0n) is 17.2. The molecule has 0 fully saturated rings. The van der Waals surface area contributed by atoms with Gasteiger partial charge in [0.25, 0.3) is 0 Å². The lowest BCUT2D eigenvalue weighted by Crippen LogP contribution is -2.41. The number of nitrogens with zero attached hydrogens (tertiary/aromatic N) is 1. The van der Waals surface area contributed by atoms with Gasteiger partial charge < -0.3 is 5.32 Å². The summed E-state index contributed by atoms with van der Waals surface area (Å²) in [5.74, 6) is 0.499. The molecule has 0 radical (unpaired) electrons. The van der Waals surface area contributed by atoms with Gasteiger partial charge in [-0.25, -0.2) is 12.8 Å². The normalized spacial score (nSPS) is 11.3. The van der Waals surface area contributed by atoms with Gasteiger partial charge >= 0.3 is 0 Å². The van der Waals surface area contributed by atoms with Crippen LogP contribution >= 0.6 is 11.8 Å². The number of amides is 1. The quantitative estimate of drug-likeness (QED) is 0.608. The van der Waals surface area contributed by atoms with Crippen LogP contribution in [0.5, 0.6) is 0 Å². The Balaban J connectivity index is 1.94. The fourth-order valence-electron chi connectivity index (χ4n) is 3.17. The number of sulfonamides is 1. The Morgan fingerprint density at radius 2 is 1.76 bits per heavy atom. The van der Waals surface area contributed by atoms with Gasteiger partial charge in [0.15, 0.2) is 0 Å². The lowest BCUT2D eigenvalue weighted by atomic mass is 10.1. The topological polar surface area (TPSA) is 66.5 Å². The molecule has 1 N–H and O–H groups in total. The molecule has 0 atom stereocenters. The number of hydrogen-bond donors (Lipinski definition) is 1. The third kappa shape index (κ3) is 6.75. The van der Waals surface area contributed by atoms with E-state index in [1.165, 1.54) is 17.8 Å². The first-order chi connectivity index (χ1) is 13.6. The Morgan fingerprint density at radius 1 is 1.14 bits per heavy atom. The standard InChI is InChI=1S/C21H27FN2O3S2/c1-15-11-16(2)21(17(3)12-15)24(29(4,26)27)13-20(25)23-9-10-28-14-18-7-5-6-8-19(18)22/h5-8,11-12H,9-10,13-14H2,1-4H3,(H,23,25). The van der Waals surface area contributed by atoms with Gasteiger partial charge in [-0.1, -0.05) is 35.9 Å². The minimum atomic E-state index is -3.62. The Bertz CT molecular complexity index is 955. The monoisotopic (exact) mass is 438 g/mol. The summed E-state index contributed by atoms with van der Waals surface area (Å²) < 4.78 is 39.4. The van der Waals surface area contributed by atoms with Gasteiger partial charge in [0, 0.05) is 18.1 Å². The number of hydrogen-bond acceptors (Lipinski definition) is 4. The lowest BCUT2D eigenvalue weighted by Gasteiger charge is -2.26. The van der Waals surface area contributed by atoms with Crippen LogP contribution in [0.2, 0.25) is 0 Å². The van der Waals surface area contributed by atoms with Crippen molar-refractivity contribution in [2.24, 2.45) is 0 Å². The van der Waals surface area contributed by atoms with E-state index in [0.717, 1.165) is 27.3 Å². The van der Waals surface area contributed by atoms with Crippen molar-refractivity contribution < 1.29 is 17.6 Å². The van der Waals surface area contributed by atoms with Crippen molar-refractivity contribution in [1.82, 2.24) is 5.32 Å². The number of nitrogens with one attached hydrogen (secondary N) is 1. The zero-order chi connectivity index (χ0) is 21.6. The molecule has 0 spiro atoms. The van der Waals surface area contributed by atoms with Gasteiger partial charge in [-0.2, -0.15) is 11.8 Å². The van der Waals surface area contributed by atoms with E-state index in [0.29, 0.717) is 29.3 Å². The first-order valence-corrected chi connectivity index (χ1v) is 12.2. The van der Waals surface area contributed by atoms with E-state index in [-0.39, 0.29) is 18.3 Å². The third-order valence-electron chi connectivity index (χ3n) is 4.36. The van der Waals surface area contributed by atoms with Crippen molar-refractivity contribution in [1.29, 1.82) is 0 Å². The summed E-state index contributed by atoms with van der Waals surface area (Å²) in [4.78, 5) is 12.4. The molecule has 0 aromatic heterocycles. The van der Waals surface area contributed by atoms with Gasteiger partial charge in [0.1, 0.15) is 12.4 Å². The molecule has 0 heterocycles. The van der Waals surface area contributed by atoms with E-state index in [2.05, 4.69) is 5.32 Å². The summed E-state index contributed by atoms with van der Waals surface area (Å²) in [6.45, 7) is 5.72. The largest absolute Gasteiger partial charge is 0.354 e. The first kappa shape index (κ1) is 23.2. The van der Waals surface area contributed by atoms with Crippen LogP contribution in [-0.4, -0.2) is 39.4 Å². The van der Waals surface area contributed by atoms with Crippen molar-refractivity contribution in [3.05, 3.63) is 64.5 Å². The SMILES string of the molecule is Cc1cc(C)c(N(CC(=O)NCCSCc2ccccc2F)S(C)(=O)=O)c(C)c1. The number of carbonyl (C=O) groups is 1. The summed E-state index contributed by atoms with van der Waals surface area (Å²) in [5, 5.41) is 2.75. The zero-order valence-corrected chi connectivity index (χ0v) is 18.8. The smallest absolute Gasteiger partial charge is 0.240 e. The van der Waals surface area contributed by atoms with Gasteiger partial charge in [0.05, 0.1) is 11.9 Å². The van der Waals surface area contributed by atoms with Crippen molar-refractivity contribution in [3.63, 3.8) is 0 Å². The highest BCUT2D eigenvalue weighted by Crippen LogP contribution is 2.28.